The third kappa shape index (κ3) is 2.36. The first kappa shape index (κ1) is 14.0. The average molecular weight is 315 g/mol. The Morgan fingerprint density at radius 3 is 2.56 bits per heavy atom. The van der Waals surface area contributed by atoms with E-state index in [1.807, 2.05) is 6.20 Å². The Morgan fingerprint density at radius 2 is 2.06 bits per heavy atom. The fourth-order valence-corrected chi connectivity index (χ4v) is 3.62. The van der Waals surface area contributed by atoms with Crippen LogP contribution in [-0.2, 0) is 0 Å². The van der Waals surface area contributed by atoms with Crippen molar-refractivity contribution >= 4 is 15.9 Å². The van der Waals surface area contributed by atoms with E-state index in [2.05, 4.69) is 51.9 Å². The molecule has 1 aliphatic carbocycles. The number of rotatable bonds is 4. The van der Waals surface area contributed by atoms with E-state index in [0.717, 1.165) is 4.47 Å². The second kappa shape index (κ2) is 5.31. The molecule has 1 unspecified atom stereocenters. The van der Waals surface area contributed by atoms with Crippen LogP contribution in [0.4, 0.5) is 0 Å². The first-order valence-corrected chi connectivity index (χ1v) is 7.48. The molecule has 1 atom stereocenters. The van der Waals surface area contributed by atoms with Crippen molar-refractivity contribution in [3.05, 3.63) is 16.4 Å². The van der Waals surface area contributed by atoms with E-state index in [9.17, 15) is 0 Å². The number of nitrogens with one attached hydrogen (secondary N) is 1. The molecule has 0 radical (unpaired) electrons. The van der Waals surface area contributed by atoms with Crippen molar-refractivity contribution in [3.63, 3.8) is 0 Å². The van der Waals surface area contributed by atoms with Gasteiger partial charge in [0.15, 0.2) is 0 Å². The van der Waals surface area contributed by atoms with Gasteiger partial charge in [0.2, 0.25) is 0 Å². The maximum Gasteiger partial charge on any atom is 0.0717 e. The van der Waals surface area contributed by atoms with Gasteiger partial charge in [-0.1, -0.05) is 19.8 Å². The Balaban J connectivity index is 2.41. The summed E-state index contributed by atoms with van der Waals surface area (Å²) in [5.74, 6) is 5.85. The minimum absolute atomic E-state index is 0.152. The molecule has 1 saturated carbocycles. The first-order valence-electron chi connectivity index (χ1n) is 6.68. The summed E-state index contributed by atoms with van der Waals surface area (Å²) in [5.41, 5.74) is 4.44. The van der Waals surface area contributed by atoms with Crippen LogP contribution in [0.3, 0.4) is 0 Å². The van der Waals surface area contributed by atoms with Crippen LogP contribution >= 0.6 is 15.9 Å². The van der Waals surface area contributed by atoms with Crippen molar-refractivity contribution in [2.75, 3.05) is 0 Å². The van der Waals surface area contributed by atoms with Crippen molar-refractivity contribution in [2.45, 2.75) is 58.5 Å². The first-order chi connectivity index (χ1) is 8.49. The van der Waals surface area contributed by atoms with Gasteiger partial charge in [0.1, 0.15) is 0 Å². The van der Waals surface area contributed by atoms with Gasteiger partial charge >= 0.3 is 0 Å². The molecule has 1 aliphatic rings. The van der Waals surface area contributed by atoms with E-state index in [4.69, 9.17) is 5.84 Å². The summed E-state index contributed by atoms with van der Waals surface area (Å²) in [4.78, 5) is 0. The van der Waals surface area contributed by atoms with E-state index in [0.29, 0.717) is 6.04 Å². The zero-order valence-electron chi connectivity index (χ0n) is 11.4. The zero-order chi connectivity index (χ0) is 13.3. The summed E-state index contributed by atoms with van der Waals surface area (Å²) in [6.45, 7) is 6.62. The molecule has 0 aromatic carbocycles. The maximum absolute atomic E-state index is 5.85. The number of aromatic nitrogens is 2. The topological polar surface area (TPSA) is 55.9 Å². The number of nitrogens with zero attached hydrogens (tertiary/aromatic N) is 2. The summed E-state index contributed by atoms with van der Waals surface area (Å²) in [6.07, 6.45) is 6.90. The van der Waals surface area contributed by atoms with E-state index in [-0.39, 0.29) is 11.5 Å². The molecule has 2 rings (SSSR count). The van der Waals surface area contributed by atoms with Gasteiger partial charge < -0.3 is 0 Å². The van der Waals surface area contributed by atoms with Crippen molar-refractivity contribution in [3.8, 4) is 0 Å². The largest absolute Gasteiger partial charge is 0.271 e. The van der Waals surface area contributed by atoms with Gasteiger partial charge in [-0.3, -0.25) is 16.0 Å². The fraction of sp³-hybridized carbons (Fsp3) is 0.769. The third-order valence-corrected chi connectivity index (χ3v) is 4.77. The lowest BCUT2D eigenvalue weighted by Gasteiger charge is -2.34. The molecular weight excluding hydrogens is 292 g/mol. The summed E-state index contributed by atoms with van der Waals surface area (Å²) in [5, 5.41) is 4.46. The summed E-state index contributed by atoms with van der Waals surface area (Å²) in [6, 6.07) is 0.492. The van der Waals surface area contributed by atoms with Crippen LogP contribution in [0.25, 0.3) is 0 Å². The molecule has 0 saturated heterocycles. The van der Waals surface area contributed by atoms with Crippen LogP contribution in [0.15, 0.2) is 10.7 Å². The number of nitrogens with two attached hydrogens (primary N) is 1. The van der Waals surface area contributed by atoms with Gasteiger partial charge in [-0.15, -0.1) is 0 Å². The summed E-state index contributed by atoms with van der Waals surface area (Å²) >= 11 is 3.62. The molecule has 3 N–H and O–H groups in total. The van der Waals surface area contributed by atoms with Crippen molar-refractivity contribution in [1.29, 1.82) is 0 Å². The Morgan fingerprint density at radius 1 is 1.44 bits per heavy atom. The lowest BCUT2D eigenvalue weighted by molar-refractivity contribution is 0.211. The molecule has 1 aromatic rings. The SMILES string of the molecule is CC(C)n1ncc(Br)c1C(NN)C1(C)CCCC1. The average Bonchev–Trinajstić information content (AvgIpc) is 2.89. The minimum atomic E-state index is 0.152. The second-order valence-corrected chi connectivity index (χ2v) is 6.73. The van der Waals surface area contributed by atoms with Crippen molar-refractivity contribution in [1.82, 2.24) is 15.2 Å². The van der Waals surface area contributed by atoms with Crippen molar-refractivity contribution in [2.24, 2.45) is 11.3 Å². The van der Waals surface area contributed by atoms with Crippen molar-refractivity contribution < 1.29 is 0 Å². The lowest BCUT2D eigenvalue weighted by atomic mass is 9.79. The third-order valence-electron chi connectivity index (χ3n) is 4.16. The standard InChI is InChI=1S/C13H23BrN4/c1-9(2)18-11(10(14)8-16-18)12(17-15)13(3)6-4-5-7-13/h8-9,12,17H,4-7,15H2,1-3H3. The van der Waals surface area contributed by atoms with Gasteiger partial charge in [0, 0.05) is 6.04 Å². The molecule has 4 nitrogen and oxygen atoms in total. The molecule has 0 aliphatic heterocycles. The molecule has 0 bridgehead atoms. The van der Waals surface area contributed by atoms with Gasteiger partial charge in [-0.2, -0.15) is 5.10 Å². The maximum atomic E-state index is 5.85. The van der Waals surface area contributed by atoms with Gasteiger partial charge in [-0.25, -0.2) is 0 Å². The van der Waals surface area contributed by atoms with Crippen LogP contribution in [-0.4, -0.2) is 9.78 Å². The number of hydrogen-bond acceptors (Lipinski definition) is 3. The monoisotopic (exact) mass is 314 g/mol. The molecule has 1 fully saturated rings. The Kier molecular flexibility index (Phi) is 4.14. The predicted octanol–water partition coefficient (Wildman–Crippen LogP) is 3.31. The molecule has 0 spiro atoms. The molecule has 102 valence electrons. The zero-order valence-corrected chi connectivity index (χ0v) is 13.0. The van der Waals surface area contributed by atoms with Crippen LogP contribution in [0.1, 0.15) is 64.2 Å². The number of halogens is 1. The lowest BCUT2D eigenvalue weighted by Crippen LogP contribution is -2.40. The highest BCUT2D eigenvalue weighted by molar-refractivity contribution is 9.10. The normalized spacial score (nSPS) is 20.6. The van der Waals surface area contributed by atoms with E-state index < -0.39 is 0 Å². The minimum Gasteiger partial charge on any atom is -0.271 e. The second-order valence-electron chi connectivity index (χ2n) is 5.88. The summed E-state index contributed by atoms with van der Waals surface area (Å²) in [7, 11) is 0. The molecular formula is C13H23BrN4. The van der Waals surface area contributed by atoms with E-state index in [1.165, 1.54) is 31.4 Å². The van der Waals surface area contributed by atoms with Gasteiger partial charge in [0.25, 0.3) is 0 Å². The molecule has 5 heteroatoms. The molecule has 1 aromatic heterocycles. The number of hydrazine groups is 1. The number of hydrogen-bond donors (Lipinski definition) is 2. The molecule has 18 heavy (non-hydrogen) atoms. The fourth-order valence-electron chi connectivity index (χ4n) is 3.11. The van der Waals surface area contributed by atoms with E-state index in [1.54, 1.807) is 0 Å². The summed E-state index contributed by atoms with van der Waals surface area (Å²) < 4.78 is 3.12. The Hall–Kier alpha value is -0.390. The van der Waals surface area contributed by atoms with Crippen LogP contribution in [0.2, 0.25) is 0 Å². The van der Waals surface area contributed by atoms with Gasteiger partial charge in [-0.05, 0) is 48.0 Å². The van der Waals surface area contributed by atoms with E-state index >= 15 is 0 Å². The smallest absolute Gasteiger partial charge is 0.0717 e. The predicted molar refractivity (Wildman–Crippen MR) is 77.0 cm³/mol. The molecule has 0 amide bonds. The molecule has 1 heterocycles. The quantitative estimate of drug-likeness (QED) is 0.662. The highest BCUT2D eigenvalue weighted by Crippen LogP contribution is 2.48. The van der Waals surface area contributed by atoms with Crippen LogP contribution < -0.4 is 11.3 Å². The van der Waals surface area contributed by atoms with Gasteiger partial charge in [0.05, 0.1) is 22.4 Å². The highest BCUT2D eigenvalue weighted by Gasteiger charge is 2.40. The van der Waals surface area contributed by atoms with Crippen LogP contribution in [0.5, 0.6) is 0 Å². The highest BCUT2D eigenvalue weighted by atomic mass is 79.9. The Labute approximate surface area is 117 Å². The van der Waals surface area contributed by atoms with Crippen LogP contribution in [0, 0.1) is 5.41 Å². The Bertz CT molecular complexity index is 407.